The summed E-state index contributed by atoms with van der Waals surface area (Å²) in [6.45, 7) is 5.88. The van der Waals surface area contributed by atoms with E-state index in [0.29, 0.717) is 29.0 Å². The summed E-state index contributed by atoms with van der Waals surface area (Å²) in [6, 6.07) is 11.9. The lowest BCUT2D eigenvalue weighted by Gasteiger charge is -2.28. The SMILES string of the molecule is CCCCOC(=O)c1cccc(NC(=O)[C@H](C(C)C)N2C(=O)c3ccccc3C2=O)c1. The van der Waals surface area contributed by atoms with Crippen LogP contribution in [0.15, 0.2) is 48.5 Å². The van der Waals surface area contributed by atoms with Crippen LogP contribution in [0.25, 0.3) is 0 Å². The normalized spacial score (nSPS) is 13.9. The molecule has 3 amide bonds. The number of carbonyl (C=O) groups is 4. The van der Waals surface area contributed by atoms with Crippen molar-refractivity contribution in [3.8, 4) is 0 Å². The van der Waals surface area contributed by atoms with Gasteiger partial charge in [-0.25, -0.2) is 4.79 Å². The number of fused-ring (bicyclic) bond motifs is 1. The molecule has 1 aliphatic rings. The third-order valence-electron chi connectivity index (χ3n) is 5.10. The van der Waals surface area contributed by atoms with Crippen molar-refractivity contribution in [1.29, 1.82) is 0 Å². The van der Waals surface area contributed by atoms with Crippen LogP contribution in [0.4, 0.5) is 5.69 Å². The molecule has 0 unspecified atom stereocenters. The minimum Gasteiger partial charge on any atom is -0.462 e. The topological polar surface area (TPSA) is 92.8 Å². The van der Waals surface area contributed by atoms with Gasteiger partial charge in [0, 0.05) is 5.69 Å². The van der Waals surface area contributed by atoms with Crippen LogP contribution < -0.4 is 5.32 Å². The van der Waals surface area contributed by atoms with Gasteiger partial charge in [-0.3, -0.25) is 19.3 Å². The third-order valence-corrected chi connectivity index (χ3v) is 5.10. The maximum Gasteiger partial charge on any atom is 0.338 e. The van der Waals surface area contributed by atoms with Crippen molar-refractivity contribution >= 4 is 29.4 Å². The molecule has 0 spiro atoms. The largest absolute Gasteiger partial charge is 0.462 e. The van der Waals surface area contributed by atoms with Crippen LogP contribution in [0.2, 0.25) is 0 Å². The first-order valence-corrected chi connectivity index (χ1v) is 10.4. The zero-order valence-electron chi connectivity index (χ0n) is 17.9. The van der Waals surface area contributed by atoms with Crippen molar-refractivity contribution in [3.63, 3.8) is 0 Å². The number of nitrogens with zero attached hydrogens (tertiary/aromatic N) is 1. The van der Waals surface area contributed by atoms with Gasteiger partial charge in [0.05, 0.1) is 23.3 Å². The molecule has 0 aromatic heterocycles. The highest BCUT2D eigenvalue weighted by Crippen LogP contribution is 2.28. The number of nitrogens with one attached hydrogen (secondary N) is 1. The quantitative estimate of drug-likeness (QED) is 0.396. The predicted molar refractivity (Wildman–Crippen MR) is 116 cm³/mol. The van der Waals surface area contributed by atoms with E-state index in [1.165, 1.54) is 6.07 Å². The number of unbranched alkanes of at least 4 members (excludes halogenated alkanes) is 1. The van der Waals surface area contributed by atoms with Gasteiger partial charge in [0.25, 0.3) is 11.8 Å². The fourth-order valence-electron chi connectivity index (χ4n) is 3.51. The molecule has 2 aromatic carbocycles. The van der Waals surface area contributed by atoms with Crippen molar-refractivity contribution in [3.05, 3.63) is 65.2 Å². The standard InChI is InChI=1S/C24H26N2O5/c1-4-5-13-31-24(30)16-9-8-10-17(14-16)25-21(27)20(15(2)3)26-22(28)18-11-6-7-12-19(18)23(26)29/h6-12,14-15,20H,4-5,13H2,1-3H3,(H,25,27)/t20-/m0/s1. The smallest absolute Gasteiger partial charge is 0.338 e. The lowest BCUT2D eigenvalue weighted by Crippen LogP contribution is -2.50. The molecule has 0 fully saturated rings. The van der Waals surface area contributed by atoms with E-state index in [-0.39, 0.29) is 5.92 Å². The second-order valence-corrected chi connectivity index (χ2v) is 7.77. The van der Waals surface area contributed by atoms with Crippen molar-refractivity contribution in [1.82, 2.24) is 4.90 Å². The molecule has 0 radical (unpaired) electrons. The van der Waals surface area contributed by atoms with Crippen molar-refractivity contribution < 1.29 is 23.9 Å². The average Bonchev–Trinajstić information content (AvgIpc) is 2.99. The molecule has 162 valence electrons. The van der Waals surface area contributed by atoms with E-state index in [2.05, 4.69) is 5.32 Å². The van der Waals surface area contributed by atoms with Gasteiger partial charge in [-0.05, 0) is 42.7 Å². The minimum atomic E-state index is -0.993. The number of hydrogen-bond acceptors (Lipinski definition) is 5. The molecule has 7 nitrogen and oxygen atoms in total. The van der Waals surface area contributed by atoms with Gasteiger partial charge in [-0.1, -0.05) is 45.4 Å². The number of anilines is 1. The van der Waals surface area contributed by atoms with E-state index in [9.17, 15) is 19.2 Å². The monoisotopic (exact) mass is 422 g/mol. The van der Waals surface area contributed by atoms with E-state index in [1.54, 1.807) is 56.3 Å². The molecule has 31 heavy (non-hydrogen) atoms. The van der Waals surface area contributed by atoms with Gasteiger partial charge in [0.15, 0.2) is 0 Å². The van der Waals surface area contributed by atoms with E-state index in [0.717, 1.165) is 17.7 Å². The summed E-state index contributed by atoms with van der Waals surface area (Å²) in [5.41, 5.74) is 1.29. The number of benzene rings is 2. The summed E-state index contributed by atoms with van der Waals surface area (Å²) in [4.78, 5) is 52.0. The first kappa shape index (κ1) is 22.2. The Morgan fingerprint density at radius 3 is 2.23 bits per heavy atom. The maximum atomic E-state index is 13.1. The van der Waals surface area contributed by atoms with E-state index >= 15 is 0 Å². The second kappa shape index (κ2) is 9.55. The number of hydrogen-bond donors (Lipinski definition) is 1. The number of carbonyl (C=O) groups excluding carboxylic acids is 4. The number of imide groups is 1. The summed E-state index contributed by atoms with van der Waals surface area (Å²) in [5.74, 6) is -2.25. The first-order chi connectivity index (χ1) is 14.8. The van der Waals surface area contributed by atoms with Crippen LogP contribution >= 0.6 is 0 Å². The number of ether oxygens (including phenoxy) is 1. The van der Waals surface area contributed by atoms with Crippen LogP contribution in [-0.2, 0) is 9.53 Å². The number of amides is 3. The summed E-state index contributed by atoms with van der Waals surface area (Å²) in [6.07, 6.45) is 1.69. The van der Waals surface area contributed by atoms with Crippen LogP contribution in [-0.4, -0.2) is 41.2 Å². The lowest BCUT2D eigenvalue weighted by molar-refractivity contribution is -0.121. The molecule has 0 aliphatic carbocycles. The Labute approximate surface area is 181 Å². The molecule has 1 N–H and O–H groups in total. The Balaban J connectivity index is 1.78. The molecule has 0 saturated heterocycles. The van der Waals surface area contributed by atoms with Gasteiger partial charge in [0.1, 0.15) is 6.04 Å². The highest BCUT2D eigenvalue weighted by molar-refractivity contribution is 6.23. The lowest BCUT2D eigenvalue weighted by atomic mass is 10.0. The molecule has 2 aromatic rings. The molecule has 3 rings (SSSR count). The molecule has 0 saturated carbocycles. The van der Waals surface area contributed by atoms with E-state index in [1.807, 2.05) is 6.92 Å². The van der Waals surface area contributed by atoms with Crippen LogP contribution in [0.1, 0.15) is 64.7 Å². The Kier molecular flexibility index (Phi) is 6.84. The van der Waals surface area contributed by atoms with Crippen LogP contribution in [0.3, 0.4) is 0 Å². The highest BCUT2D eigenvalue weighted by atomic mass is 16.5. The van der Waals surface area contributed by atoms with Crippen LogP contribution in [0, 0.1) is 5.92 Å². The van der Waals surface area contributed by atoms with E-state index in [4.69, 9.17) is 4.74 Å². The van der Waals surface area contributed by atoms with Gasteiger partial charge in [0.2, 0.25) is 5.91 Å². The van der Waals surface area contributed by atoms with E-state index < -0.39 is 29.7 Å². The average molecular weight is 422 g/mol. The second-order valence-electron chi connectivity index (χ2n) is 7.77. The van der Waals surface area contributed by atoms with Crippen molar-refractivity contribution in [2.24, 2.45) is 5.92 Å². The zero-order valence-corrected chi connectivity index (χ0v) is 17.9. The third kappa shape index (κ3) is 4.66. The van der Waals surface area contributed by atoms with Gasteiger partial charge in [-0.2, -0.15) is 0 Å². The summed E-state index contributed by atoms with van der Waals surface area (Å²) in [5, 5.41) is 2.74. The molecule has 1 heterocycles. The number of esters is 1. The fourth-order valence-corrected chi connectivity index (χ4v) is 3.51. The molecular weight excluding hydrogens is 396 g/mol. The maximum absolute atomic E-state index is 13.1. The van der Waals surface area contributed by atoms with Crippen LogP contribution in [0.5, 0.6) is 0 Å². The van der Waals surface area contributed by atoms with Gasteiger partial charge >= 0.3 is 5.97 Å². The Bertz CT molecular complexity index is 980. The Morgan fingerprint density at radius 2 is 1.65 bits per heavy atom. The Hall–Kier alpha value is -3.48. The van der Waals surface area contributed by atoms with Gasteiger partial charge < -0.3 is 10.1 Å². The highest BCUT2D eigenvalue weighted by Gasteiger charge is 2.43. The molecular formula is C24H26N2O5. The zero-order chi connectivity index (χ0) is 22.5. The van der Waals surface area contributed by atoms with Gasteiger partial charge in [-0.15, -0.1) is 0 Å². The summed E-state index contributed by atoms with van der Waals surface area (Å²) < 4.78 is 5.21. The summed E-state index contributed by atoms with van der Waals surface area (Å²) >= 11 is 0. The number of rotatable bonds is 8. The summed E-state index contributed by atoms with van der Waals surface area (Å²) in [7, 11) is 0. The fraction of sp³-hybridized carbons (Fsp3) is 0.333. The minimum absolute atomic E-state index is 0.294. The first-order valence-electron chi connectivity index (χ1n) is 10.4. The Morgan fingerprint density at radius 1 is 1.00 bits per heavy atom. The van der Waals surface area contributed by atoms with Crippen molar-refractivity contribution in [2.75, 3.05) is 11.9 Å². The molecule has 7 heteroatoms. The molecule has 1 atom stereocenters. The molecule has 1 aliphatic heterocycles. The predicted octanol–water partition coefficient (Wildman–Crippen LogP) is 3.90. The molecule has 0 bridgehead atoms. The van der Waals surface area contributed by atoms with Crippen molar-refractivity contribution in [2.45, 2.75) is 39.7 Å².